The molecule has 0 bridgehead atoms. The van der Waals surface area contributed by atoms with Crippen LogP contribution in [-0.2, 0) is 9.53 Å². The van der Waals surface area contributed by atoms with Gasteiger partial charge in [-0.05, 0) is 32.1 Å². The summed E-state index contributed by atoms with van der Waals surface area (Å²) in [6.45, 7) is 7.05. The molecule has 1 aliphatic carbocycles. The molecule has 1 N–H and O–H groups in total. The summed E-state index contributed by atoms with van der Waals surface area (Å²) >= 11 is 0. The van der Waals surface area contributed by atoms with Crippen LogP contribution in [0, 0.1) is 11.8 Å². The molecule has 0 aromatic carbocycles. The zero-order chi connectivity index (χ0) is 14.3. The molecular formula is C16H31NO2. The molecule has 0 aliphatic heterocycles. The first kappa shape index (κ1) is 16.5. The number of hydrogen-bond donors (Lipinski definition) is 1. The van der Waals surface area contributed by atoms with Crippen molar-refractivity contribution in [3.05, 3.63) is 0 Å². The lowest BCUT2D eigenvalue weighted by atomic mass is 9.79. The van der Waals surface area contributed by atoms with Gasteiger partial charge >= 0.3 is 0 Å². The fourth-order valence-electron chi connectivity index (χ4n) is 3.01. The van der Waals surface area contributed by atoms with Gasteiger partial charge in [0.25, 0.3) is 0 Å². The Bertz CT molecular complexity index is 270. The van der Waals surface area contributed by atoms with E-state index in [1.807, 2.05) is 0 Å². The summed E-state index contributed by atoms with van der Waals surface area (Å²) in [4.78, 5) is 12.1. The van der Waals surface area contributed by atoms with Gasteiger partial charge in [-0.15, -0.1) is 0 Å². The number of ether oxygens (including phenoxy) is 1. The zero-order valence-corrected chi connectivity index (χ0v) is 13.1. The van der Waals surface area contributed by atoms with Crippen LogP contribution in [0.25, 0.3) is 0 Å². The van der Waals surface area contributed by atoms with Crippen molar-refractivity contribution in [3.8, 4) is 0 Å². The van der Waals surface area contributed by atoms with Gasteiger partial charge in [0, 0.05) is 25.7 Å². The van der Waals surface area contributed by atoms with Gasteiger partial charge in [-0.1, -0.05) is 39.0 Å². The highest BCUT2D eigenvalue weighted by Crippen LogP contribution is 2.31. The summed E-state index contributed by atoms with van der Waals surface area (Å²) in [5.41, 5.74) is -0.167. The molecule has 3 nitrogen and oxygen atoms in total. The van der Waals surface area contributed by atoms with Gasteiger partial charge in [0.1, 0.15) is 0 Å². The van der Waals surface area contributed by atoms with E-state index in [1.165, 1.54) is 32.1 Å². The molecule has 0 unspecified atom stereocenters. The Balaban J connectivity index is 2.32. The molecule has 1 atom stereocenters. The fraction of sp³-hybridized carbons (Fsp3) is 0.938. The van der Waals surface area contributed by atoms with Crippen LogP contribution in [0.2, 0.25) is 0 Å². The third kappa shape index (κ3) is 6.42. The highest BCUT2D eigenvalue weighted by atomic mass is 16.5. The maximum Gasteiger partial charge on any atom is 0.220 e. The summed E-state index contributed by atoms with van der Waals surface area (Å²) < 4.78 is 5.08. The van der Waals surface area contributed by atoms with Gasteiger partial charge in [-0.3, -0.25) is 4.79 Å². The minimum Gasteiger partial charge on any atom is -0.385 e. The Morgan fingerprint density at radius 2 is 1.95 bits per heavy atom. The van der Waals surface area contributed by atoms with Crippen molar-refractivity contribution in [2.24, 2.45) is 11.8 Å². The predicted molar refractivity (Wildman–Crippen MR) is 79.1 cm³/mol. The molecule has 0 radical (unpaired) electrons. The van der Waals surface area contributed by atoms with Gasteiger partial charge in [-0.2, -0.15) is 0 Å². The molecule has 0 spiro atoms. The maximum absolute atomic E-state index is 12.1. The number of carbonyl (C=O) groups is 1. The first-order chi connectivity index (χ1) is 8.94. The Hall–Kier alpha value is -0.570. The predicted octanol–water partition coefficient (Wildman–Crippen LogP) is 3.52. The van der Waals surface area contributed by atoms with Crippen molar-refractivity contribution >= 4 is 5.91 Å². The maximum atomic E-state index is 12.1. The second-order valence-electron chi connectivity index (χ2n) is 6.75. The number of carbonyl (C=O) groups excluding carboxylic acids is 1. The van der Waals surface area contributed by atoms with Crippen LogP contribution in [0.15, 0.2) is 0 Å². The molecule has 1 aliphatic rings. The van der Waals surface area contributed by atoms with E-state index in [2.05, 4.69) is 26.1 Å². The smallest absolute Gasteiger partial charge is 0.220 e. The second kappa shape index (κ2) is 7.88. The van der Waals surface area contributed by atoms with Crippen LogP contribution >= 0.6 is 0 Å². The van der Waals surface area contributed by atoms with E-state index in [9.17, 15) is 4.79 Å². The third-order valence-electron chi connectivity index (χ3n) is 4.37. The average Bonchev–Trinajstić information content (AvgIpc) is 2.36. The molecule has 0 aromatic heterocycles. The van der Waals surface area contributed by atoms with Crippen LogP contribution in [0.1, 0.15) is 65.7 Å². The van der Waals surface area contributed by atoms with Crippen LogP contribution < -0.4 is 5.32 Å². The molecule has 3 heteroatoms. The Kier molecular flexibility index (Phi) is 6.84. The summed E-state index contributed by atoms with van der Waals surface area (Å²) in [5.74, 6) is 1.46. The second-order valence-corrected chi connectivity index (χ2v) is 6.75. The van der Waals surface area contributed by atoms with Crippen molar-refractivity contribution in [1.29, 1.82) is 0 Å². The molecule has 112 valence electrons. The molecule has 0 heterocycles. The Labute approximate surface area is 118 Å². The van der Waals surface area contributed by atoms with E-state index in [0.29, 0.717) is 18.9 Å². The molecule has 1 saturated carbocycles. The first-order valence-corrected chi connectivity index (χ1v) is 7.74. The SMILES string of the molecule is COCCC(C)(C)NC(=O)C[C@@H](C)C1CCCCC1. The van der Waals surface area contributed by atoms with Gasteiger partial charge in [0.05, 0.1) is 0 Å². The minimum atomic E-state index is -0.167. The van der Waals surface area contributed by atoms with Crippen molar-refractivity contribution in [2.75, 3.05) is 13.7 Å². The van der Waals surface area contributed by atoms with E-state index >= 15 is 0 Å². The zero-order valence-electron chi connectivity index (χ0n) is 13.1. The number of rotatable bonds is 7. The molecule has 1 amide bonds. The van der Waals surface area contributed by atoms with Crippen molar-refractivity contribution < 1.29 is 9.53 Å². The van der Waals surface area contributed by atoms with Crippen molar-refractivity contribution in [3.63, 3.8) is 0 Å². The summed E-state index contributed by atoms with van der Waals surface area (Å²) in [6.07, 6.45) is 8.20. The van der Waals surface area contributed by atoms with Crippen LogP contribution in [0.3, 0.4) is 0 Å². The Morgan fingerprint density at radius 3 is 2.53 bits per heavy atom. The lowest BCUT2D eigenvalue weighted by molar-refractivity contribution is -0.124. The van der Waals surface area contributed by atoms with Gasteiger partial charge in [-0.25, -0.2) is 0 Å². The normalized spacial score (nSPS) is 19.2. The summed E-state index contributed by atoms with van der Waals surface area (Å²) in [7, 11) is 1.70. The lowest BCUT2D eigenvalue weighted by Gasteiger charge is -2.30. The molecule has 0 saturated heterocycles. The highest BCUT2D eigenvalue weighted by molar-refractivity contribution is 5.76. The van der Waals surface area contributed by atoms with E-state index in [1.54, 1.807) is 7.11 Å². The Morgan fingerprint density at radius 1 is 1.32 bits per heavy atom. The van der Waals surface area contributed by atoms with E-state index in [0.717, 1.165) is 12.3 Å². The standard InChI is InChI=1S/C16H31NO2/c1-13(14-8-6-5-7-9-14)12-15(18)17-16(2,3)10-11-19-4/h13-14H,5-12H2,1-4H3,(H,17,18)/t13-/m1/s1. The number of amides is 1. The fourth-order valence-corrected chi connectivity index (χ4v) is 3.01. The van der Waals surface area contributed by atoms with Crippen molar-refractivity contribution in [2.45, 2.75) is 71.3 Å². The van der Waals surface area contributed by atoms with E-state index in [4.69, 9.17) is 4.74 Å². The molecule has 19 heavy (non-hydrogen) atoms. The van der Waals surface area contributed by atoms with Crippen LogP contribution in [0.5, 0.6) is 0 Å². The van der Waals surface area contributed by atoms with Gasteiger partial charge < -0.3 is 10.1 Å². The number of methoxy groups -OCH3 is 1. The third-order valence-corrected chi connectivity index (χ3v) is 4.37. The molecule has 1 fully saturated rings. The van der Waals surface area contributed by atoms with E-state index in [-0.39, 0.29) is 11.4 Å². The molecule has 1 rings (SSSR count). The highest BCUT2D eigenvalue weighted by Gasteiger charge is 2.25. The minimum absolute atomic E-state index is 0.167. The topological polar surface area (TPSA) is 38.3 Å². The lowest BCUT2D eigenvalue weighted by Crippen LogP contribution is -2.44. The average molecular weight is 269 g/mol. The summed E-state index contributed by atoms with van der Waals surface area (Å²) in [5, 5.41) is 3.14. The number of hydrogen-bond acceptors (Lipinski definition) is 2. The van der Waals surface area contributed by atoms with Crippen LogP contribution in [-0.4, -0.2) is 25.2 Å². The number of nitrogens with one attached hydrogen (secondary N) is 1. The van der Waals surface area contributed by atoms with E-state index < -0.39 is 0 Å². The van der Waals surface area contributed by atoms with Gasteiger partial charge in [0.15, 0.2) is 0 Å². The van der Waals surface area contributed by atoms with Crippen LogP contribution in [0.4, 0.5) is 0 Å². The molecular weight excluding hydrogens is 238 g/mol. The summed E-state index contributed by atoms with van der Waals surface area (Å²) in [6, 6.07) is 0. The molecule has 0 aromatic rings. The largest absolute Gasteiger partial charge is 0.385 e. The van der Waals surface area contributed by atoms with Gasteiger partial charge in [0.2, 0.25) is 5.91 Å². The van der Waals surface area contributed by atoms with Crippen molar-refractivity contribution in [1.82, 2.24) is 5.32 Å². The monoisotopic (exact) mass is 269 g/mol. The first-order valence-electron chi connectivity index (χ1n) is 7.74. The quantitative estimate of drug-likeness (QED) is 0.768.